The minimum atomic E-state index is -0.313. The summed E-state index contributed by atoms with van der Waals surface area (Å²) in [6, 6.07) is 12.1. The van der Waals surface area contributed by atoms with Crippen LogP contribution in [-0.2, 0) is 17.8 Å². The summed E-state index contributed by atoms with van der Waals surface area (Å²) < 4.78 is 16.0. The summed E-state index contributed by atoms with van der Waals surface area (Å²) in [6.07, 6.45) is 1.94. The molecule has 0 saturated heterocycles. The Morgan fingerprint density at radius 2 is 2.04 bits per heavy atom. The molecular formula is C19H17FN2OS. The van der Waals surface area contributed by atoms with Gasteiger partial charge in [0.05, 0.1) is 16.6 Å². The molecule has 24 heavy (non-hydrogen) atoms. The summed E-state index contributed by atoms with van der Waals surface area (Å²) in [5.74, 6) is -0.561. The molecule has 0 aliphatic rings. The van der Waals surface area contributed by atoms with Gasteiger partial charge in [-0.1, -0.05) is 35.6 Å². The van der Waals surface area contributed by atoms with Crippen molar-refractivity contribution in [3.8, 4) is 0 Å². The van der Waals surface area contributed by atoms with E-state index in [1.54, 1.807) is 18.2 Å². The highest BCUT2D eigenvalue weighted by Gasteiger charge is 2.08. The molecule has 3 nitrogen and oxygen atoms in total. The number of carbonyl (C=O) groups is 1. The Balaban J connectivity index is 1.98. The number of carbonyl (C=O) groups excluding carboxylic acids is 1. The van der Waals surface area contributed by atoms with E-state index in [-0.39, 0.29) is 18.1 Å². The molecule has 3 rings (SSSR count). The molecule has 122 valence electrons. The molecule has 3 aromatic rings. The maximum Gasteiger partial charge on any atom is 0.252 e. The van der Waals surface area contributed by atoms with Crippen LogP contribution in [0.15, 0.2) is 60.1 Å². The van der Waals surface area contributed by atoms with Crippen molar-refractivity contribution in [2.45, 2.75) is 19.9 Å². The number of amides is 1. The second-order valence-corrected chi connectivity index (χ2v) is 6.57. The van der Waals surface area contributed by atoms with Crippen LogP contribution in [0.5, 0.6) is 0 Å². The number of fused-ring (bicyclic) bond motifs is 1. The molecule has 5 heteroatoms. The summed E-state index contributed by atoms with van der Waals surface area (Å²) in [7, 11) is 0. The lowest BCUT2D eigenvalue weighted by molar-refractivity contribution is -0.117. The van der Waals surface area contributed by atoms with Crippen LogP contribution in [0.4, 0.5) is 4.39 Å². The van der Waals surface area contributed by atoms with E-state index in [9.17, 15) is 9.18 Å². The van der Waals surface area contributed by atoms with E-state index in [4.69, 9.17) is 0 Å². The Bertz CT molecular complexity index is 967. The van der Waals surface area contributed by atoms with Crippen molar-refractivity contribution in [1.82, 2.24) is 4.57 Å². The molecule has 0 saturated carbocycles. The van der Waals surface area contributed by atoms with Crippen LogP contribution in [0.3, 0.4) is 0 Å². The third kappa shape index (κ3) is 3.51. The monoisotopic (exact) mass is 340 g/mol. The lowest BCUT2D eigenvalue weighted by Crippen LogP contribution is -2.16. The predicted molar refractivity (Wildman–Crippen MR) is 95.4 cm³/mol. The second kappa shape index (κ2) is 6.93. The van der Waals surface area contributed by atoms with Gasteiger partial charge in [-0.3, -0.25) is 4.79 Å². The fraction of sp³-hybridized carbons (Fsp3) is 0.158. The fourth-order valence-corrected chi connectivity index (χ4v) is 3.65. The molecule has 0 aliphatic carbocycles. The molecule has 0 radical (unpaired) electrons. The van der Waals surface area contributed by atoms with Crippen LogP contribution in [0.1, 0.15) is 11.1 Å². The van der Waals surface area contributed by atoms with E-state index < -0.39 is 0 Å². The zero-order valence-corrected chi connectivity index (χ0v) is 14.1. The lowest BCUT2D eigenvalue weighted by atomic mass is 10.1. The number of benzene rings is 2. The highest BCUT2D eigenvalue weighted by Crippen LogP contribution is 2.19. The van der Waals surface area contributed by atoms with Crippen molar-refractivity contribution >= 4 is 27.5 Å². The van der Waals surface area contributed by atoms with Crippen LogP contribution in [-0.4, -0.2) is 10.5 Å². The minimum absolute atomic E-state index is 0.154. The molecule has 0 N–H and O–H groups in total. The second-order valence-electron chi connectivity index (χ2n) is 5.56. The zero-order chi connectivity index (χ0) is 17.1. The number of halogens is 1. The van der Waals surface area contributed by atoms with Crippen LogP contribution >= 0.6 is 11.3 Å². The van der Waals surface area contributed by atoms with Gasteiger partial charge in [-0.25, -0.2) is 4.39 Å². The Kier molecular flexibility index (Phi) is 4.71. The van der Waals surface area contributed by atoms with Gasteiger partial charge in [0.1, 0.15) is 5.82 Å². The molecule has 0 atom stereocenters. The first-order valence-electron chi connectivity index (χ1n) is 7.60. The van der Waals surface area contributed by atoms with Crippen molar-refractivity contribution in [1.29, 1.82) is 0 Å². The van der Waals surface area contributed by atoms with Gasteiger partial charge in [0.25, 0.3) is 5.91 Å². The molecule has 1 amide bonds. The fourth-order valence-electron chi connectivity index (χ4n) is 2.49. The van der Waals surface area contributed by atoms with Gasteiger partial charge in [0.15, 0.2) is 4.80 Å². The average molecular weight is 340 g/mol. The lowest BCUT2D eigenvalue weighted by Gasteiger charge is -2.01. The molecule has 1 heterocycles. The van der Waals surface area contributed by atoms with E-state index in [0.29, 0.717) is 11.3 Å². The first-order chi connectivity index (χ1) is 11.6. The van der Waals surface area contributed by atoms with Gasteiger partial charge in [0.2, 0.25) is 0 Å². The molecule has 0 fully saturated rings. The molecule has 2 aromatic carbocycles. The van der Waals surface area contributed by atoms with E-state index in [1.807, 2.05) is 23.6 Å². The number of allylic oxidation sites excluding steroid dienone is 1. The smallest absolute Gasteiger partial charge is 0.252 e. The maximum atomic E-state index is 12.9. The number of hydrogen-bond donors (Lipinski definition) is 0. The Hall–Kier alpha value is -2.53. The number of hydrogen-bond acceptors (Lipinski definition) is 2. The first-order valence-corrected chi connectivity index (χ1v) is 8.41. The van der Waals surface area contributed by atoms with Gasteiger partial charge in [-0.05, 0) is 42.3 Å². The van der Waals surface area contributed by atoms with Crippen LogP contribution in [0, 0.1) is 12.7 Å². The molecule has 0 spiro atoms. The third-order valence-electron chi connectivity index (χ3n) is 3.64. The van der Waals surface area contributed by atoms with E-state index >= 15 is 0 Å². The number of rotatable bonds is 4. The summed E-state index contributed by atoms with van der Waals surface area (Å²) in [5, 5.41) is 0. The van der Waals surface area contributed by atoms with Crippen LogP contribution in [0.25, 0.3) is 10.2 Å². The topological polar surface area (TPSA) is 34.4 Å². The third-order valence-corrected chi connectivity index (χ3v) is 4.68. The van der Waals surface area contributed by atoms with Crippen molar-refractivity contribution in [3.63, 3.8) is 0 Å². The summed E-state index contributed by atoms with van der Waals surface area (Å²) >= 11 is 1.49. The normalized spacial score (nSPS) is 11.8. The van der Waals surface area contributed by atoms with Crippen molar-refractivity contribution < 1.29 is 9.18 Å². The van der Waals surface area contributed by atoms with Crippen LogP contribution < -0.4 is 4.80 Å². The Morgan fingerprint density at radius 3 is 2.75 bits per heavy atom. The van der Waals surface area contributed by atoms with Crippen molar-refractivity contribution in [3.05, 3.63) is 76.9 Å². The van der Waals surface area contributed by atoms with Gasteiger partial charge in [-0.15, -0.1) is 6.58 Å². The van der Waals surface area contributed by atoms with Gasteiger partial charge in [0, 0.05) is 6.54 Å². The number of aryl methyl sites for hydroxylation is 1. The highest BCUT2D eigenvalue weighted by molar-refractivity contribution is 7.16. The van der Waals surface area contributed by atoms with E-state index in [1.165, 1.54) is 29.0 Å². The molecular weight excluding hydrogens is 323 g/mol. The number of thiazole rings is 1. The van der Waals surface area contributed by atoms with Gasteiger partial charge in [-0.2, -0.15) is 4.99 Å². The van der Waals surface area contributed by atoms with E-state index in [2.05, 4.69) is 17.6 Å². The highest BCUT2D eigenvalue weighted by atomic mass is 32.1. The Morgan fingerprint density at radius 1 is 1.29 bits per heavy atom. The summed E-state index contributed by atoms with van der Waals surface area (Å²) in [4.78, 5) is 17.2. The van der Waals surface area contributed by atoms with Gasteiger partial charge < -0.3 is 4.57 Å². The van der Waals surface area contributed by atoms with Crippen LogP contribution in [0.2, 0.25) is 0 Å². The number of aromatic nitrogens is 1. The first kappa shape index (κ1) is 16.3. The number of nitrogens with zero attached hydrogens (tertiary/aromatic N) is 2. The molecule has 0 bridgehead atoms. The maximum absolute atomic E-state index is 12.9. The van der Waals surface area contributed by atoms with Crippen molar-refractivity contribution in [2.75, 3.05) is 0 Å². The van der Waals surface area contributed by atoms with Gasteiger partial charge >= 0.3 is 0 Å². The predicted octanol–water partition coefficient (Wildman–Crippen LogP) is 4.01. The quantitative estimate of drug-likeness (QED) is 0.661. The van der Waals surface area contributed by atoms with E-state index in [0.717, 1.165) is 15.8 Å². The average Bonchev–Trinajstić information content (AvgIpc) is 2.86. The molecule has 0 aliphatic heterocycles. The SMILES string of the molecule is C=CCn1c(=NC(=O)Cc2ccc(F)cc2)sc2cc(C)ccc21. The Labute approximate surface area is 143 Å². The standard InChI is InChI=1S/C19H17FN2OS/c1-3-10-22-16-9-4-13(2)11-17(16)24-19(22)21-18(23)12-14-5-7-15(20)8-6-14/h3-9,11H,1,10,12H2,2H3. The molecule has 1 aromatic heterocycles. The molecule has 0 unspecified atom stereocenters. The zero-order valence-electron chi connectivity index (χ0n) is 13.3. The minimum Gasteiger partial charge on any atom is -0.313 e. The summed E-state index contributed by atoms with van der Waals surface area (Å²) in [6.45, 7) is 6.40. The van der Waals surface area contributed by atoms with Crippen molar-refractivity contribution in [2.24, 2.45) is 4.99 Å². The largest absolute Gasteiger partial charge is 0.313 e. The summed E-state index contributed by atoms with van der Waals surface area (Å²) in [5.41, 5.74) is 2.95.